The van der Waals surface area contributed by atoms with Gasteiger partial charge in [0.1, 0.15) is 6.54 Å². The third kappa shape index (κ3) is 5.09. The van der Waals surface area contributed by atoms with Crippen molar-refractivity contribution in [2.24, 2.45) is 0 Å². The van der Waals surface area contributed by atoms with Gasteiger partial charge in [0.25, 0.3) is 10.0 Å². The van der Waals surface area contributed by atoms with Gasteiger partial charge in [0, 0.05) is 5.02 Å². The molecule has 0 atom stereocenters. The number of para-hydroxylation sites is 1. The molecule has 5 nitrogen and oxygen atoms in total. The maximum atomic E-state index is 13.3. The summed E-state index contributed by atoms with van der Waals surface area (Å²) in [7, 11) is -3.98. The van der Waals surface area contributed by atoms with E-state index in [-0.39, 0.29) is 4.90 Å². The summed E-state index contributed by atoms with van der Waals surface area (Å²) in [5, 5.41) is 3.47. The first-order valence-corrected chi connectivity index (χ1v) is 10.9. The number of benzene rings is 3. The molecular weight excluding hydrogens is 431 g/mol. The Labute approximate surface area is 179 Å². The standard InChI is InChI=1S/C21H18Cl2N2O3S/c1-15-6-12-18(13-7-15)29(27,28)25(17-10-8-16(22)9-11-17)14-21(26)24-20-5-3-2-4-19(20)23/h2-13H,14H2,1H3,(H,24,26). The highest BCUT2D eigenvalue weighted by Crippen LogP contribution is 2.26. The van der Waals surface area contributed by atoms with E-state index >= 15 is 0 Å². The Morgan fingerprint density at radius 3 is 2.17 bits per heavy atom. The lowest BCUT2D eigenvalue weighted by Gasteiger charge is -2.24. The second kappa shape index (κ2) is 8.86. The fraction of sp³-hybridized carbons (Fsp3) is 0.0952. The minimum atomic E-state index is -3.98. The number of halogens is 2. The average Bonchev–Trinajstić information content (AvgIpc) is 2.69. The minimum absolute atomic E-state index is 0.0867. The molecule has 1 N–H and O–H groups in total. The van der Waals surface area contributed by atoms with Crippen LogP contribution >= 0.6 is 23.2 Å². The fourth-order valence-corrected chi connectivity index (χ4v) is 4.37. The van der Waals surface area contributed by atoms with E-state index in [1.54, 1.807) is 60.7 Å². The van der Waals surface area contributed by atoms with Crippen LogP contribution < -0.4 is 9.62 Å². The van der Waals surface area contributed by atoms with Crippen molar-refractivity contribution < 1.29 is 13.2 Å². The number of nitrogens with zero attached hydrogens (tertiary/aromatic N) is 1. The molecule has 0 spiro atoms. The normalized spacial score (nSPS) is 11.1. The Bertz CT molecular complexity index is 1120. The number of anilines is 2. The van der Waals surface area contributed by atoms with Crippen LogP contribution in [-0.4, -0.2) is 20.9 Å². The van der Waals surface area contributed by atoms with Crippen LogP contribution in [0.1, 0.15) is 5.56 Å². The number of carbonyl (C=O) groups excluding carboxylic acids is 1. The third-order valence-electron chi connectivity index (χ3n) is 4.16. The second-order valence-corrected chi connectivity index (χ2v) is 9.04. The summed E-state index contributed by atoms with van der Waals surface area (Å²) in [6, 6.07) is 19.4. The Balaban J connectivity index is 1.95. The maximum Gasteiger partial charge on any atom is 0.264 e. The number of amides is 1. The Kier molecular flexibility index (Phi) is 6.47. The first kappa shape index (κ1) is 21.2. The highest BCUT2D eigenvalue weighted by atomic mass is 35.5. The van der Waals surface area contributed by atoms with Crippen LogP contribution in [0.2, 0.25) is 10.0 Å². The van der Waals surface area contributed by atoms with Crippen molar-refractivity contribution in [2.45, 2.75) is 11.8 Å². The molecule has 0 bridgehead atoms. The molecule has 3 aromatic rings. The molecule has 0 aromatic heterocycles. The van der Waals surface area contributed by atoms with Crippen LogP contribution in [0.25, 0.3) is 0 Å². The molecule has 0 radical (unpaired) electrons. The van der Waals surface area contributed by atoms with Gasteiger partial charge < -0.3 is 5.32 Å². The predicted molar refractivity (Wildman–Crippen MR) is 117 cm³/mol. The zero-order chi connectivity index (χ0) is 21.0. The number of sulfonamides is 1. The van der Waals surface area contributed by atoms with Crippen molar-refractivity contribution >= 4 is 50.5 Å². The summed E-state index contributed by atoms with van der Waals surface area (Å²) in [4.78, 5) is 12.7. The lowest BCUT2D eigenvalue weighted by molar-refractivity contribution is -0.114. The van der Waals surface area contributed by atoms with E-state index in [0.717, 1.165) is 9.87 Å². The molecule has 0 saturated carbocycles. The molecular formula is C21H18Cl2N2O3S. The van der Waals surface area contributed by atoms with Crippen LogP contribution in [0.4, 0.5) is 11.4 Å². The molecule has 0 aliphatic rings. The molecule has 150 valence electrons. The summed E-state index contributed by atoms with van der Waals surface area (Å²) >= 11 is 12.0. The van der Waals surface area contributed by atoms with Crippen LogP contribution in [-0.2, 0) is 14.8 Å². The van der Waals surface area contributed by atoms with Crippen molar-refractivity contribution in [2.75, 3.05) is 16.2 Å². The molecule has 0 aliphatic carbocycles. The second-order valence-electron chi connectivity index (χ2n) is 6.33. The van der Waals surface area contributed by atoms with Gasteiger partial charge >= 0.3 is 0 Å². The monoisotopic (exact) mass is 448 g/mol. The zero-order valence-corrected chi connectivity index (χ0v) is 17.8. The average molecular weight is 449 g/mol. The van der Waals surface area contributed by atoms with E-state index in [9.17, 15) is 13.2 Å². The summed E-state index contributed by atoms with van der Waals surface area (Å²) in [5.41, 5.74) is 1.66. The minimum Gasteiger partial charge on any atom is -0.323 e. The summed E-state index contributed by atoms with van der Waals surface area (Å²) in [6.45, 7) is 1.44. The van der Waals surface area contributed by atoms with Crippen LogP contribution in [0.5, 0.6) is 0 Å². The van der Waals surface area contributed by atoms with Gasteiger partial charge in [-0.05, 0) is 55.5 Å². The molecule has 0 heterocycles. The number of hydrogen-bond donors (Lipinski definition) is 1. The molecule has 8 heteroatoms. The van der Waals surface area contributed by atoms with Crippen molar-refractivity contribution in [3.63, 3.8) is 0 Å². The largest absolute Gasteiger partial charge is 0.323 e. The Morgan fingerprint density at radius 1 is 0.931 bits per heavy atom. The van der Waals surface area contributed by atoms with E-state index in [1.165, 1.54) is 12.1 Å². The molecule has 0 unspecified atom stereocenters. The van der Waals surface area contributed by atoms with Gasteiger partial charge in [-0.25, -0.2) is 8.42 Å². The van der Waals surface area contributed by atoms with Crippen LogP contribution in [0.3, 0.4) is 0 Å². The van der Waals surface area contributed by atoms with E-state index in [1.807, 2.05) is 6.92 Å². The smallest absolute Gasteiger partial charge is 0.264 e. The third-order valence-corrected chi connectivity index (χ3v) is 6.53. The molecule has 1 amide bonds. The summed E-state index contributed by atoms with van der Waals surface area (Å²) < 4.78 is 27.6. The molecule has 3 rings (SSSR count). The first-order chi connectivity index (χ1) is 13.8. The van der Waals surface area contributed by atoms with Gasteiger partial charge in [-0.1, -0.05) is 53.0 Å². The van der Waals surface area contributed by atoms with Gasteiger partial charge in [0.15, 0.2) is 0 Å². The van der Waals surface area contributed by atoms with Gasteiger partial charge in [-0.15, -0.1) is 0 Å². The number of aryl methyl sites for hydroxylation is 1. The SMILES string of the molecule is Cc1ccc(S(=O)(=O)N(CC(=O)Nc2ccccc2Cl)c2ccc(Cl)cc2)cc1. The number of hydrogen-bond acceptors (Lipinski definition) is 3. The van der Waals surface area contributed by atoms with Gasteiger partial charge in [-0.2, -0.15) is 0 Å². The van der Waals surface area contributed by atoms with Gasteiger partial charge in [-0.3, -0.25) is 9.10 Å². The molecule has 0 aliphatic heterocycles. The highest BCUT2D eigenvalue weighted by molar-refractivity contribution is 7.92. The molecule has 29 heavy (non-hydrogen) atoms. The highest BCUT2D eigenvalue weighted by Gasteiger charge is 2.27. The molecule has 0 fully saturated rings. The molecule has 0 saturated heterocycles. The van der Waals surface area contributed by atoms with Crippen molar-refractivity contribution in [1.82, 2.24) is 0 Å². The van der Waals surface area contributed by atoms with Crippen LogP contribution in [0.15, 0.2) is 77.7 Å². The van der Waals surface area contributed by atoms with E-state index in [2.05, 4.69) is 5.32 Å². The van der Waals surface area contributed by atoms with Gasteiger partial charge in [0.2, 0.25) is 5.91 Å². The van der Waals surface area contributed by atoms with Gasteiger partial charge in [0.05, 0.1) is 21.3 Å². The summed E-state index contributed by atoms with van der Waals surface area (Å²) in [6.07, 6.45) is 0. The van der Waals surface area contributed by atoms with Crippen molar-refractivity contribution in [1.29, 1.82) is 0 Å². The Morgan fingerprint density at radius 2 is 1.55 bits per heavy atom. The Hall–Kier alpha value is -2.54. The fourth-order valence-electron chi connectivity index (χ4n) is 2.64. The zero-order valence-electron chi connectivity index (χ0n) is 15.5. The number of rotatable bonds is 6. The van der Waals surface area contributed by atoms with Crippen molar-refractivity contribution in [3.8, 4) is 0 Å². The molecule has 3 aromatic carbocycles. The quantitative estimate of drug-likeness (QED) is 0.567. The lowest BCUT2D eigenvalue weighted by Crippen LogP contribution is -2.38. The predicted octanol–water partition coefficient (Wildman–Crippen LogP) is 5.14. The number of carbonyl (C=O) groups is 1. The summed E-state index contributed by atoms with van der Waals surface area (Å²) in [5.74, 6) is -0.524. The first-order valence-electron chi connectivity index (χ1n) is 8.67. The van der Waals surface area contributed by atoms with E-state index < -0.39 is 22.5 Å². The lowest BCUT2D eigenvalue weighted by atomic mass is 10.2. The van der Waals surface area contributed by atoms with Crippen molar-refractivity contribution in [3.05, 3.63) is 88.4 Å². The van der Waals surface area contributed by atoms with E-state index in [4.69, 9.17) is 23.2 Å². The van der Waals surface area contributed by atoms with Crippen LogP contribution in [0, 0.1) is 6.92 Å². The topological polar surface area (TPSA) is 66.5 Å². The maximum absolute atomic E-state index is 13.3. The van der Waals surface area contributed by atoms with E-state index in [0.29, 0.717) is 21.4 Å². The number of nitrogens with one attached hydrogen (secondary N) is 1.